The lowest BCUT2D eigenvalue weighted by molar-refractivity contribution is -0.151. The van der Waals surface area contributed by atoms with Gasteiger partial charge in [-0.25, -0.2) is 4.79 Å². The molecular formula is C27H33NO5. The second-order valence-electron chi connectivity index (χ2n) is 9.66. The van der Waals surface area contributed by atoms with Crippen molar-refractivity contribution in [3.05, 3.63) is 65.2 Å². The van der Waals surface area contributed by atoms with Crippen molar-refractivity contribution in [1.82, 2.24) is 5.32 Å². The first-order valence-electron chi connectivity index (χ1n) is 11.8. The van der Waals surface area contributed by atoms with Crippen molar-refractivity contribution in [1.29, 1.82) is 0 Å². The van der Waals surface area contributed by atoms with Gasteiger partial charge in [-0.05, 0) is 56.9 Å². The summed E-state index contributed by atoms with van der Waals surface area (Å²) in [6.45, 7) is 6.35. The summed E-state index contributed by atoms with van der Waals surface area (Å²) in [7, 11) is 0. The lowest BCUT2D eigenvalue weighted by atomic mass is 9.74. The van der Waals surface area contributed by atoms with Crippen molar-refractivity contribution < 1.29 is 24.2 Å². The van der Waals surface area contributed by atoms with Gasteiger partial charge in [-0.1, -0.05) is 43.7 Å². The molecule has 4 rings (SSSR count). The van der Waals surface area contributed by atoms with Crippen LogP contribution < -0.4 is 10.1 Å². The van der Waals surface area contributed by atoms with Crippen LogP contribution in [-0.2, 0) is 16.0 Å². The average Bonchev–Trinajstić information content (AvgIpc) is 2.79. The van der Waals surface area contributed by atoms with E-state index in [1.807, 2.05) is 42.5 Å². The summed E-state index contributed by atoms with van der Waals surface area (Å²) >= 11 is 0. The molecule has 2 aromatic rings. The normalized spacial score (nSPS) is 24.0. The predicted octanol–water partition coefficient (Wildman–Crippen LogP) is 4.92. The number of nitrogens with one attached hydrogen (secondary N) is 1. The Morgan fingerprint density at radius 1 is 1.15 bits per heavy atom. The van der Waals surface area contributed by atoms with E-state index in [-0.39, 0.29) is 30.1 Å². The molecule has 0 spiro atoms. The number of ether oxygens (including phenoxy) is 2. The third kappa shape index (κ3) is 5.06. The molecule has 0 unspecified atom stereocenters. The minimum atomic E-state index is -1.06. The minimum Gasteiger partial charge on any atom is -0.487 e. The fourth-order valence-electron chi connectivity index (χ4n) is 5.08. The molecule has 6 nitrogen and oxygen atoms in total. The van der Waals surface area contributed by atoms with Gasteiger partial charge >= 0.3 is 5.97 Å². The second-order valence-corrected chi connectivity index (χ2v) is 9.66. The summed E-state index contributed by atoms with van der Waals surface area (Å²) < 4.78 is 12.8. The topological polar surface area (TPSA) is 84.9 Å². The predicted molar refractivity (Wildman–Crippen MR) is 125 cm³/mol. The van der Waals surface area contributed by atoms with E-state index in [0.29, 0.717) is 5.56 Å². The Hall–Kier alpha value is -2.86. The Balaban J connectivity index is 1.57. The number of hydrogen-bond acceptors (Lipinski definition) is 4. The average molecular weight is 452 g/mol. The number of aliphatic carboxylic acids is 1. The van der Waals surface area contributed by atoms with Crippen LogP contribution in [0.4, 0.5) is 0 Å². The molecule has 1 amide bonds. The van der Waals surface area contributed by atoms with Crippen molar-refractivity contribution >= 4 is 11.9 Å². The fraction of sp³-hybridized carbons (Fsp3) is 0.481. The maximum Gasteiger partial charge on any atom is 0.326 e. The van der Waals surface area contributed by atoms with Gasteiger partial charge < -0.3 is 19.9 Å². The summed E-state index contributed by atoms with van der Waals surface area (Å²) in [6.07, 6.45) is 4.39. The van der Waals surface area contributed by atoms with Crippen LogP contribution in [0.5, 0.6) is 5.75 Å². The van der Waals surface area contributed by atoms with E-state index in [1.165, 1.54) is 0 Å². The van der Waals surface area contributed by atoms with Gasteiger partial charge in [0.25, 0.3) is 5.91 Å². The fourth-order valence-corrected chi connectivity index (χ4v) is 5.08. The van der Waals surface area contributed by atoms with E-state index in [0.717, 1.165) is 42.6 Å². The van der Waals surface area contributed by atoms with Crippen LogP contribution in [0.25, 0.3) is 0 Å². The number of carbonyl (C=O) groups is 2. The number of fused-ring (bicyclic) bond motifs is 3. The van der Waals surface area contributed by atoms with Crippen LogP contribution in [0.2, 0.25) is 0 Å². The van der Waals surface area contributed by atoms with Crippen molar-refractivity contribution in [2.24, 2.45) is 5.92 Å². The zero-order chi connectivity index (χ0) is 23.6. The zero-order valence-corrected chi connectivity index (χ0v) is 19.5. The standard InChI is InChI=1S/C27H33NO5/c1-4-8-19-12-13-21-24(32-19)20-16-18(11-14-23(20)33-27(21,2)3)25(29)28-22(26(30)31)15-17-9-6-5-7-10-17/h5-7,9-11,14,16,19,21-22,24H,4,8,12-13,15H2,1-3H3,(H,28,29)(H,30,31)/t19-,21-,22+,24+/m1/s1. The Morgan fingerprint density at radius 3 is 2.61 bits per heavy atom. The molecule has 0 aliphatic carbocycles. The zero-order valence-electron chi connectivity index (χ0n) is 19.5. The maximum atomic E-state index is 13.0. The van der Waals surface area contributed by atoms with Gasteiger partial charge in [0.05, 0.1) is 12.2 Å². The van der Waals surface area contributed by atoms with Gasteiger partial charge in [0.15, 0.2) is 0 Å². The molecule has 1 fully saturated rings. The SMILES string of the molecule is CCC[C@@H]1CC[C@@H]2[C@@H](O1)c1cc(C(=O)N[C@@H](Cc3ccccc3)C(=O)O)ccc1OC2(C)C. The van der Waals surface area contributed by atoms with E-state index >= 15 is 0 Å². The van der Waals surface area contributed by atoms with E-state index in [1.54, 1.807) is 6.07 Å². The molecule has 2 aliphatic rings. The number of amides is 1. The molecule has 2 heterocycles. The molecule has 0 radical (unpaired) electrons. The van der Waals surface area contributed by atoms with Gasteiger partial charge in [0.1, 0.15) is 17.4 Å². The summed E-state index contributed by atoms with van der Waals surface area (Å²) in [5, 5.41) is 12.3. The minimum absolute atomic E-state index is 0.138. The van der Waals surface area contributed by atoms with Crippen LogP contribution in [0.15, 0.2) is 48.5 Å². The lowest BCUT2D eigenvalue weighted by Crippen LogP contribution is -2.48. The van der Waals surface area contributed by atoms with E-state index < -0.39 is 17.9 Å². The first kappa shape index (κ1) is 23.3. The van der Waals surface area contributed by atoms with Crippen LogP contribution in [-0.4, -0.2) is 34.7 Å². The summed E-state index contributed by atoms with van der Waals surface area (Å²) in [5.74, 6) is -0.549. The molecule has 1 saturated heterocycles. The van der Waals surface area contributed by atoms with Crippen molar-refractivity contribution in [2.45, 2.75) is 76.7 Å². The van der Waals surface area contributed by atoms with Gasteiger partial charge in [0.2, 0.25) is 0 Å². The van der Waals surface area contributed by atoms with Crippen LogP contribution in [0.1, 0.15) is 74.0 Å². The number of benzene rings is 2. The monoisotopic (exact) mass is 451 g/mol. The first-order chi connectivity index (χ1) is 15.8. The highest BCUT2D eigenvalue weighted by Gasteiger charge is 2.47. The number of carbonyl (C=O) groups excluding carboxylic acids is 1. The third-order valence-electron chi connectivity index (χ3n) is 6.85. The van der Waals surface area contributed by atoms with Crippen molar-refractivity contribution in [3.63, 3.8) is 0 Å². The van der Waals surface area contributed by atoms with E-state index in [2.05, 4.69) is 26.1 Å². The van der Waals surface area contributed by atoms with Crippen LogP contribution in [0, 0.1) is 5.92 Å². The highest BCUT2D eigenvalue weighted by atomic mass is 16.5. The van der Waals surface area contributed by atoms with Crippen molar-refractivity contribution in [3.8, 4) is 5.75 Å². The Labute approximate surface area is 195 Å². The van der Waals surface area contributed by atoms with E-state index in [9.17, 15) is 14.7 Å². The number of rotatable bonds is 7. The molecule has 6 heteroatoms. The van der Waals surface area contributed by atoms with E-state index in [4.69, 9.17) is 9.47 Å². The third-order valence-corrected chi connectivity index (χ3v) is 6.85. The summed E-state index contributed by atoms with van der Waals surface area (Å²) in [4.78, 5) is 24.8. The summed E-state index contributed by atoms with van der Waals surface area (Å²) in [6, 6.07) is 13.6. The molecule has 2 aliphatic heterocycles. The molecule has 33 heavy (non-hydrogen) atoms. The molecule has 0 aromatic heterocycles. The number of carboxylic acids is 1. The smallest absolute Gasteiger partial charge is 0.326 e. The molecule has 2 N–H and O–H groups in total. The quantitative estimate of drug-likeness (QED) is 0.624. The lowest BCUT2D eigenvalue weighted by Gasteiger charge is -2.48. The molecule has 4 atom stereocenters. The van der Waals surface area contributed by atoms with Gasteiger partial charge in [-0.2, -0.15) is 0 Å². The van der Waals surface area contributed by atoms with Crippen LogP contribution in [0.3, 0.4) is 0 Å². The Bertz CT molecular complexity index is 1000. The first-order valence-corrected chi connectivity index (χ1v) is 11.8. The highest BCUT2D eigenvalue weighted by molar-refractivity contribution is 5.97. The number of carboxylic acid groups (broad SMARTS) is 1. The van der Waals surface area contributed by atoms with Crippen LogP contribution >= 0.6 is 0 Å². The maximum absolute atomic E-state index is 13.0. The molecule has 0 saturated carbocycles. The number of hydrogen-bond donors (Lipinski definition) is 2. The summed E-state index contributed by atoms with van der Waals surface area (Å²) in [5.41, 5.74) is 1.79. The van der Waals surface area contributed by atoms with Gasteiger partial charge in [-0.15, -0.1) is 0 Å². The van der Waals surface area contributed by atoms with Gasteiger partial charge in [-0.3, -0.25) is 4.79 Å². The molecule has 176 valence electrons. The molecular weight excluding hydrogens is 418 g/mol. The Morgan fingerprint density at radius 2 is 1.91 bits per heavy atom. The van der Waals surface area contributed by atoms with Crippen molar-refractivity contribution in [2.75, 3.05) is 0 Å². The molecule has 2 aromatic carbocycles. The largest absolute Gasteiger partial charge is 0.487 e. The molecule has 0 bridgehead atoms. The highest BCUT2D eigenvalue weighted by Crippen LogP contribution is 2.51. The van der Waals surface area contributed by atoms with Gasteiger partial charge in [0, 0.05) is 23.5 Å². The second kappa shape index (κ2) is 9.56. The Kier molecular flexibility index (Phi) is 6.75.